The van der Waals surface area contributed by atoms with Crippen LogP contribution in [0.5, 0.6) is 0 Å². The van der Waals surface area contributed by atoms with Gasteiger partial charge < -0.3 is 10.1 Å². The number of methoxy groups -OCH3 is 1. The summed E-state index contributed by atoms with van der Waals surface area (Å²) in [7, 11) is 1.62. The topological polar surface area (TPSA) is 38.3 Å². The highest BCUT2D eigenvalue weighted by Crippen LogP contribution is 2.36. The summed E-state index contributed by atoms with van der Waals surface area (Å²) in [6.07, 6.45) is 0.955. The monoisotopic (exact) mass is 267 g/mol. The number of carbonyl (C=O) groups excluding carboxylic acids is 1. The molecule has 0 fully saturated rings. The lowest BCUT2D eigenvalue weighted by molar-refractivity contribution is 0.0937. The van der Waals surface area contributed by atoms with E-state index in [1.165, 1.54) is 22.3 Å². The van der Waals surface area contributed by atoms with E-state index in [-0.39, 0.29) is 5.91 Å². The molecular weight excluding hydrogens is 250 g/mol. The molecule has 2 aromatic rings. The number of hydrogen-bond acceptors (Lipinski definition) is 2. The molecule has 0 heterocycles. The highest BCUT2D eigenvalue weighted by atomic mass is 16.5. The zero-order chi connectivity index (χ0) is 13.9. The first-order valence-electron chi connectivity index (χ1n) is 6.78. The number of nitrogens with one attached hydrogen (secondary N) is 1. The van der Waals surface area contributed by atoms with Gasteiger partial charge in [0.2, 0.25) is 0 Å². The number of hydrogen-bond donors (Lipinski definition) is 1. The highest BCUT2D eigenvalue weighted by molar-refractivity contribution is 5.96. The first-order valence-corrected chi connectivity index (χ1v) is 6.78. The van der Waals surface area contributed by atoms with E-state index in [0.29, 0.717) is 18.7 Å². The third kappa shape index (κ3) is 2.32. The van der Waals surface area contributed by atoms with Crippen molar-refractivity contribution in [3.05, 3.63) is 59.2 Å². The quantitative estimate of drug-likeness (QED) is 0.738. The zero-order valence-electron chi connectivity index (χ0n) is 11.5. The summed E-state index contributed by atoms with van der Waals surface area (Å²) in [4.78, 5) is 12.1. The SMILES string of the molecule is COCCNC(=O)c1ccc2c(c1)-c1ccccc1C2. The van der Waals surface area contributed by atoms with Gasteiger partial charge in [0, 0.05) is 19.2 Å². The predicted molar refractivity (Wildman–Crippen MR) is 78.9 cm³/mol. The van der Waals surface area contributed by atoms with Crippen LogP contribution < -0.4 is 5.32 Å². The van der Waals surface area contributed by atoms with Crippen molar-refractivity contribution in [2.24, 2.45) is 0 Å². The van der Waals surface area contributed by atoms with Gasteiger partial charge in [-0.15, -0.1) is 0 Å². The van der Waals surface area contributed by atoms with Crippen molar-refractivity contribution in [2.45, 2.75) is 6.42 Å². The molecule has 1 aliphatic carbocycles. The Bertz CT molecular complexity index is 649. The Morgan fingerprint density at radius 2 is 1.95 bits per heavy atom. The van der Waals surface area contributed by atoms with E-state index in [2.05, 4.69) is 29.6 Å². The first-order chi connectivity index (χ1) is 9.79. The fourth-order valence-electron chi connectivity index (χ4n) is 2.63. The third-order valence-corrected chi connectivity index (χ3v) is 3.65. The van der Waals surface area contributed by atoms with Gasteiger partial charge in [0.05, 0.1) is 6.61 Å². The molecule has 1 N–H and O–H groups in total. The number of fused-ring (bicyclic) bond motifs is 3. The van der Waals surface area contributed by atoms with Crippen LogP contribution in [0, 0.1) is 0 Å². The van der Waals surface area contributed by atoms with E-state index in [1.807, 2.05) is 18.2 Å². The molecule has 3 nitrogen and oxygen atoms in total. The second-order valence-corrected chi connectivity index (χ2v) is 4.95. The Balaban J connectivity index is 1.86. The molecule has 0 bridgehead atoms. The molecule has 0 saturated heterocycles. The van der Waals surface area contributed by atoms with E-state index < -0.39 is 0 Å². The molecular formula is C17H17NO2. The Labute approximate surface area is 118 Å². The molecule has 0 spiro atoms. The maximum Gasteiger partial charge on any atom is 0.251 e. The van der Waals surface area contributed by atoms with Crippen LogP contribution in [0.25, 0.3) is 11.1 Å². The summed E-state index contributed by atoms with van der Waals surface area (Å²) in [5, 5.41) is 2.85. The fraction of sp³-hybridized carbons (Fsp3) is 0.235. The van der Waals surface area contributed by atoms with Crippen LogP contribution >= 0.6 is 0 Å². The lowest BCUT2D eigenvalue weighted by Gasteiger charge is -2.07. The van der Waals surface area contributed by atoms with Crippen LogP contribution in [0.4, 0.5) is 0 Å². The van der Waals surface area contributed by atoms with Gasteiger partial charge in [0.15, 0.2) is 0 Å². The normalized spacial score (nSPS) is 11.8. The Hall–Kier alpha value is -2.13. The van der Waals surface area contributed by atoms with Crippen LogP contribution in [0.3, 0.4) is 0 Å². The van der Waals surface area contributed by atoms with Crippen molar-refractivity contribution in [3.63, 3.8) is 0 Å². The average Bonchev–Trinajstić information content (AvgIpc) is 2.85. The summed E-state index contributed by atoms with van der Waals surface area (Å²) >= 11 is 0. The number of amides is 1. The van der Waals surface area contributed by atoms with Crippen LogP contribution in [0.15, 0.2) is 42.5 Å². The van der Waals surface area contributed by atoms with Crippen molar-refractivity contribution in [2.75, 3.05) is 20.3 Å². The minimum Gasteiger partial charge on any atom is -0.383 e. The molecule has 1 aliphatic rings. The molecule has 0 radical (unpaired) electrons. The number of carbonyl (C=O) groups is 1. The molecule has 20 heavy (non-hydrogen) atoms. The Morgan fingerprint density at radius 1 is 1.15 bits per heavy atom. The largest absolute Gasteiger partial charge is 0.383 e. The van der Waals surface area contributed by atoms with Gasteiger partial charge in [-0.25, -0.2) is 0 Å². The molecule has 3 rings (SSSR count). The van der Waals surface area contributed by atoms with Gasteiger partial charge in [0.25, 0.3) is 5.91 Å². The van der Waals surface area contributed by atoms with Crippen LogP contribution in [0.1, 0.15) is 21.5 Å². The van der Waals surface area contributed by atoms with Crippen LogP contribution in [-0.2, 0) is 11.2 Å². The maximum atomic E-state index is 12.1. The summed E-state index contributed by atoms with van der Waals surface area (Å²) in [6, 6.07) is 14.3. The Morgan fingerprint density at radius 3 is 2.80 bits per heavy atom. The van der Waals surface area contributed by atoms with Crippen molar-refractivity contribution in [3.8, 4) is 11.1 Å². The van der Waals surface area contributed by atoms with E-state index in [0.717, 1.165) is 6.42 Å². The third-order valence-electron chi connectivity index (χ3n) is 3.65. The summed E-state index contributed by atoms with van der Waals surface area (Å²) in [6.45, 7) is 1.06. The van der Waals surface area contributed by atoms with E-state index in [9.17, 15) is 4.79 Å². The van der Waals surface area contributed by atoms with Crippen molar-refractivity contribution >= 4 is 5.91 Å². The minimum atomic E-state index is -0.0470. The second kappa shape index (κ2) is 5.47. The van der Waals surface area contributed by atoms with E-state index in [1.54, 1.807) is 7.11 Å². The molecule has 1 amide bonds. The summed E-state index contributed by atoms with van der Waals surface area (Å²) < 4.78 is 4.93. The molecule has 0 aliphatic heterocycles. The zero-order valence-corrected chi connectivity index (χ0v) is 11.5. The average molecular weight is 267 g/mol. The number of benzene rings is 2. The predicted octanol–water partition coefficient (Wildman–Crippen LogP) is 2.63. The second-order valence-electron chi connectivity index (χ2n) is 4.95. The standard InChI is InChI=1S/C17H17NO2/c1-20-9-8-18-17(19)14-7-6-13-10-12-4-2-3-5-15(12)16(13)11-14/h2-7,11H,8-10H2,1H3,(H,18,19). The molecule has 3 heteroatoms. The highest BCUT2D eigenvalue weighted by Gasteiger charge is 2.19. The van der Waals surface area contributed by atoms with Crippen LogP contribution in [0.2, 0.25) is 0 Å². The first kappa shape index (κ1) is 12.9. The van der Waals surface area contributed by atoms with Crippen molar-refractivity contribution < 1.29 is 9.53 Å². The molecule has 2 aromatic carbocycles. The molecule has 0 saturated carbocycles. The Kier molecular flexibility index (Phi) is 3.52. The molecule has 0 unspecified atom stereocenters. The molecule has 0 aromatic heterocycles. The van der Waals surface area contributed by atoms with Crippen molar-refractivity contribution in [1.29, 1.82) is 0 Å². The number of ether oxygens (including phenoxy) is 1. The molecule has 0 atom stereocenters. The fourth-order valence-corrected chi connectivity index (χ4v) is 2.63. The van der Waals surface area contributed by atoms with E-state index in [4.69, 9.17) is 4.74 Å². The minimum absolute atomic E-state index is 0.0470. The van der Waals surface area contributed by atoms with Crippen molar-refractivity contribution in [1.82, 2.24) is 5.32 Å². The van der Waals surface area contributed by atoms with Gasteiger partial charge in [0.1, 0.15) is 0 Å². The summed E-state index contributed by atoms with van der Waals surface area (Å²) in [5.41, 5.74) is 5.75. The van der Waals surface area contributed by atoms with Gasteiger partial charge in [-0.1, -0.05) is 30.3 Å². The van der Waals surface area contributed by atoms with Gasteiger partial charge in [-0.05, 0) is 40.8 Å². The van der Waals surface area contributed by atoms with Gasteiger partial charge in [-0.2, -0.15) is 0 Å². The number of rotatable bonds is 4. The molecule has 102 valence electrons. The van der Waals surface area contributed by atoms with E-state index >= 15 is 0 Å². The maximum absolute atomic E-state index is 12.1. The lowest BCUT2D eigenvalue weighted by Crippen LogP contribution is -2.26. The lowest BCUT2D eigenvalue weighted by atomic mass is 10.0. The summed E-state index contributed by atoms with van der Waals surface area (Å²) in [5.74, 6) is -0.0470. The van der Waals surface area contributed by atoms with Gasteiger partial charge >= 0.3 is 0 Å². The van der Waals surface area contributed by atoms with Gasteiger partial charge in [-0.3, -0.25) is 4.79 Å². The smallest absolute Gasteiger partial charge is 0.251 e. The van der Waals surface area contributed by atoms with Crippen LogP contribution in [-0.4, -0.2) is 26.2 Å².